The lowest BCUT2D eigenvalue weighted by atomic mass is 9.95. The lowest BCUT2D eigenvalue weighted by molar-refractivity contribution is -0.138. The van der Waals surface area contributed by atoms with E-state index < -0.39 is 0 Å². The van der Waals surface area contributed by atoms with E-state index in [1.165, 1.54) is 5.56 Å². The van der Waals surface area contributed by atoms with Crippen molar-refractivity contribution >= 4 is 5.91 Å². The van der Waals surface area contributed by atoms with Gasteiger partial charge in [0.05, 0.1) is 17.7 Å². The van der Waals surface area contributed by atoms with Gasteiger partial charge < -0.3 is 4.90 Å². The summed E-state index contributed by atoms with van der Waals surface area (Å²) >= 11 is 0. The number of piperidine rings is 1. The largest absolute Gasteiger partial charge is 0.334 e. The molecular weight excluding hydrogens is 322 g/mol. The van der Waals surface area contributed by atoms with Crippen LogP contribution in [0.15, 0.2) is 54.7 Å². The zero-order chi connectivity index (χ0) is 17.8. The van der Waals surface area contributed by atoms with Gasteiger partial charge in [0.15, 0.2) is 0 Å². The van der Waals surface area contributed by atoms with Crippen LogP contribution in [-0.4, -0.2) is 40.3 Å². The summed E-state index contributed by atoms with van der Waals surface area (Å²) in [6.07, 6.45) is 6.05. The van der Waals surface area contributed by atoms with Gasteiger partial charge in [-0.15, -0.1) is 0 Å². The number of carbonyl (C=O) groups excluding carboxylic acids is 1. The molecule has 4 nitrogen and oxygen atoms in total. The molecule has 2 fully saturated rings. The fourth-order valence-corrected chi connectivity index (χ4v) is 4.39. The number of amides is 1. The van der Waals surface area contributed by atoms with Crippen molar-refractivity contribution in [2.45, 2.75) is 38.3 Å². The summed E-state index contributed by atoms with van der Waals surface area (Å²) in [6.45, 7) is 3.77. The number of hydrogen-bond donors (Lipinski definition) is 0. The summed E-state index contributed by atoms with van der Waals surface area (Å²) in [5.41, 5.74) is 2.36. The topological polar surface area (TPSA) is 36.4 Å². The fraction of sp³-hybridized carbons (Fsp3) is 0.455. The number of benzene rings is 1. The molecule has 0 unspecified atom stereocenters. The minimum atomic E-state index is 0.122. The first-order chi connectivity index (χ1) is 12.8. The average molecular weight is 349 g/mol. The lowest BCUT2D eigenvalue weighted by Crippen LogP contribution is -2.44. The molecule has 4 heteroatoms. The Bertz CT molecular complexity index is 719. The molecule has 2 aliphatic heterocycles. The summed E-state index contributed by atoms with van der Waals surface area (Å²) in [7, 11) is 0. The monoisotopic (exact) mass is 349 g/mol. The molecule has 26 heavy (non-hydrogen) atoms. The third kappa shape index (κ3) is 3.80. The van der Waals surface area contributed by atoms with Crippen LogP contribution in [0.3, 0.4) is 0 Å². The van der Waals surface area contributed by atoms with Crippen molar-refractivity contribution in [1.82, 2.24) is 14.8 Å². The Balaban J connectivity index is 1.42. The Labute approximate surface area is 155 Å². The Kier molecular flexibility index (Phi) is 5.30. The summed E-state index contributed by atoms with van der Waals surface area (Å²) in [4.78, 5) is 22.3. The number of aromatic nitrogens is 1. The predicted octanol–water partition coefficient (Wildman–Crippen LogP) is 3.66. The predicted molar refractivity (Wildman–Crippen MR) is 102 cm³/mol. The smallest absolute Gasteiger partial charge is 0.227 e. The highest BCUT2D eigenvalue weighted by Crippen LogP contribution is 2.33. The van der Waals surface area contributed by atoms with Gasteiger partial charge in [-0.25, -0.2) is 0 Å². The molecule has 0 saturated carbocycles. The van der Waals surface area contributed by atoms with Crippen molar-refractivity contribution in [1.29, 1.82) is 0 Å². The van der Waals surface area contributed by atoms with Gasteiger partial charge in [0.2, 0.25) is 5.91 Å². The van der Waals surface area contributed by atoms with Gasteiger partial charge in [0.1, 0.15) is 0 Å². The van der Waals surface area contributed by atoms with Crippen LogP contribution in [0.25, 0.3) is 0 Å². The first-order valence-electron chi connectivity index (χ1n) is 9.79. The fourth-order valence-electron chi connectivity index (χ4n) is 4.39. The Hall–Kier alpha value is -2.20. The standard InChI is InChI=1S/C22H27N3O/c26-22(25-15-7-12-21(25)20-11-4-5-13-23-20)19-10-6-14-24(17-19)16-18-8-2-1-3-9-18/h1-5,8-9,11,13,19,21H,6-7,10,12,14-17H2/t19-,21+/m1/s1. The number of likely N-dealkylation sites (tertiary alicyclic amines) is 2. The van der Waals surface area contributed by atoms with Crippen LogP contribution >= 0.6 is 0 Å². The van der Waals surface area contributed by atoms with E-state index in [1.54, 1.807) is 0 Å². The molecule has 4 rings (SSSR count). The van der Waals surface area contributed by atoms with Gasteiger partial charge in [-0.3, -0.25) is 14.7 Å². The van der Waals surface area contributed by atoms with Crippen molar-refractivity contribution in [2.24, 2.45) is 5.92 Å². The highest BCUT2D eigenvalue weighted by Gasteiger charge is 2.36. The Morgan fingerprint density at radius 1 is 1.00 bits per heavy atom. The third-order valence-electron chi connectivity index (χ3n) is 5.67. The van der Waals surface area contributed by atoms with Crippen molar-refractivity contribution in [3.05, 3.63) is 66.0 Å². The first kappa shape index (κ1) is 17.2. The third-order valence-corrected chi connectivity index (χ3v) is 5.67. The van der Waals surface area contributed by atoms with Gasteiger partial charge in [0, 0.05) is 25.8 Å². The van der Waals surface area contributed by atoms with Crippen molar-refractivity contribution < 1.29 is 4.79 Å². The molecule has 0 radical (unpaired) electrons. The van der Waals surface area contributed by atoms with E-state index in [-0.39, 0.29) is 12.0 Å². The highest BCUT2D eigenvalue weighted by atomic mass is 16.2. The molecule has 0 spiro atoms. The van der Waals surface area contributed by atoms with Gasteiger partial charge in [-0.05, 0) is 49.9 Å². The van der Waals surface area contributed by atoms with Crippen LogP contribution in [0.1, 0.15) is 43.0 Å². The van der Waals surface area contributed by atoms with E-state index in [9.17, 15) is 4.79 Å². The van der Waals surface area contributed by atoms with Gasteiger partial charge >= 0.3 is 0 Å². The zero-order valence-corrected chi connectivity index (χ0v) is 15.3. The molecule has 1 aromatic heterocycles. The van der Waals surface area contributed by atoms with Crippen molar-refractivity contribution in [2.75, 3.05) is 19.6 Å². The normalized spacial score (nSPS) is 23.9. The Morgan fingerprint density at radius 3 is 2.62 bits per heavy atom. The molecule has 0 aliphatic carbocycles. The van der Waals surface area contributed by atoms with E-state index in [0.717, 1.165) is 57.6 Å². The maximum Gasteiger partial charge on any atom is 0.227 e. The highest BCUT2D eigenvalue weighted by molar-refractivity contribution is 5.80. The number of hydrogen-bond acceptors (Lipinski definition) is 3. The summed E-state index contributed by atoms with van der Waals surface area (Å²) in [5.74, 6) is 0.452. The van der Waals surface area contributed by atoms with E-state index in [4.69, 9.17) is 0 Å². The molecule has 2 saturated heterocycles. The molecule has 136 valence electrons. The molecule has 1 amide bonds. The average Bonchev–Trinajstić information content (AvgIpc) is 3.19. The minimum Gasteiger partial charge on any atom is -0.334 e. The van der Waals surface area contributed by atoms with E-state index in [0.29, 0.717) is 5.91 Å². The van der Waals surface area contributed by atoms with Gasteiger partial charge in [-0.1, -0.05) is 36.4 Å². The lowest BCUT2D eigenvalue weighted by Gasteiger charge is -2.35. The van der Waals surface area contributed by atoms with E-state index >= 15 is 0 Å². The second-order valence-electron chi connectivity index (χ2n) is 7.50. The minimum absolute atomic E-state index is 0.122. The molecule has 1 aromatic carbocycles. The van der Waals surface area contributed by atoms with Crippen molar-refractivity contribution in [3.63, 3.8) is 0 Å². The number of rotatable bonds is 4. The number of carbonyl (C=O) groups is 1. The number of pyridine rings is 1. The quantitative estimate of drug-likeness (QED) is 0.845. The maximum atomic E-state index is 13.3. The number of nitrogens with zero attached hydrogens (tertiary/aromatic N) is 3. The van der Waals surface area contributed by atoms with Crippen LogP contribution in [0, 0.1) is 5.92 Å². The van der Waals surface area contributed by atoms with Gasteiger partial charge in [0.25, 0.3) is 0 Å². The molecule has 0 bridgehead atoms. The van der Waals surface area contributed by atoms with E-state index in [2.05, 4.69) is 51.2 Å². The SMILES string of the molecule is O=C([C@@H]1CCCN(Cc2ccccc2)C1)N1CCC[C@H]1c1ccccn1. The second kappa shape index (κ2) is 8.00. The molecule has 2 aliphatic rings. The maximum absolute atomic E-state index is 13.3. The molecular formula is C22H27N3O. The summed E-state index contributed by atoms with van der Waals surface area (Å²) in [5, 5.41) is 0. The molecule has 0 N–H and O–H groups in total. The van der Waals surface area contributed by atoms with E-state index in [1.807, 2.05) is 18.3 Å². The van der Waals surface area contributed by atoms with Gasteiger partial charge in [-0.2, -0.15) is 0 Å². The Morgan fingerprint density at radius 2 is 1.81 bits per heavy atom. The van der Waals surface area contributed by atoms with Crippen LogP contribution in [-0.2, 0) is 11.3 Å². The summed E-state index contributed by atoms with van der Waals surface area (Å²) < 4.78 is 0. The molecule has 2 aromatic rings. The zero-order valence-electron chi connectivity index (χ0n) is 15.3. The van der Waals surface area contributed by atoms with Crippen LogP contribution in [0.4, 0.5) is 0 Å². The molecule has 2 atom stereocenters. The summed E-state index contributed by atoms with van der Waals surface area (Å²) in [6, 6.07) is 16.7. The van der Waals surface area contributed by atoms with Crippen LogP contribution in [0.5, 0.6) is 0 Å². The van der Waals surface area contributed by atoms with Crippen LogP contribution < -0.4 is 0 Å². The first-order valence-corrected chi connectivity index (χ1v) is 9.79. The molecule has 3 heterocycles. The van der Waals surface area contributed by atoms with Crippen LogP contribution in [0.2, 0.25) is 0 Å². The van der Waals surface area contributed by atoms with Crippen molar-refractivity contribution in [3.8, 4) is 0 Å². The second-order valence-corrected chi connectivity index (χ2v) is 7.50.